The quantitative estimate of drug-likeness (QED) is 0.640. The molecule has 1 aliphatic rings. The molecular weight excluding hydrogens is 354 g/mol. The fraction of sp³-hybridized carbons (Fsp3) is 0.318. The molecule has 28 heavy (non-hydrogen) atoms. The summed E-state index contributed by atoms with van der Waals surface area (Å²) in [4.78, 5) is 31.2. The molecule has 4 rings (SSSR count). The van der Waals surface area contributed by atoms with Crippen molar-refractivity contribution in [1.29, 1.82) is 0 Å². The van der Waals surface area contributed by atoms with Crippen molar-refractivity contribution in [2.45, 2.75) is 32.2 Å². The highest BCUT2D eigenvalue weighted by molar-refractivity contribution is 5.96. The molecule has 0 bridgehead atoms. The third-order valence-corrected chi connectivity index (χ3v) is 5.35. The van der Waals surface area contributed by atoms with Gasteiger partial charge < -0.3 is 14.2 Å². The van der Waals surface area contributed by atoms with Crippen LogP contribution in [-0.2, 0) is 27.3 Å². The minimum absolute atomic E-state index is 0.0737. The van der Waals surface area contributed by atoms with Gasteiger partial charge in [-0.3, -0.25) is 9.59 Å². The standard InChI is InChI=1S/C22H23N3O3/c1-3-15-8-10-17(11-9-15)24-13-16(12-20(24)26)22-23-18-6-4-5-7-19(18)25(22)14-21(27)28-2/h4-11,16H,3,12-14H2,1-2H3/t16-/m1/s1. The van der Waals surface area contributed by atoms with E-state index in [9.17, 15) is 9.59 Å². The fourth-order valence-electron chi connectivity index (χ4n) is 3.81. The molecule has 1 atom stereocenters. The summed E-state index contributed by atoms with van der Waals surface area (Å²) in [5.74, 6) is 0.426. The number of benzene rings is 2. The van der Waals surface area contributed by atoms with Gasteiger partial charge in [0.05, 0.1) is 18.1 Å². The molecule has 0 spiro atoms. The lowest BCUT2D eigenvalue weighted by Gasteiger charge is -2.17. The first kappa shape index (κ1) is 18.2. The van der Waals surface area contributed by atoms with Gasteiger partial charge in [-0.1, -0.05) is 31.2 Å². The van der Waals surface area contributed by atoms with Gasteiger partial charge in [0.1, 0.15) is 12.4 Å². The molecule has 144 valence electrons. The van der Waals surface area contributed by atoms with E-state index in [-0.39, 0.29) is 24.3 Å². The number of methoxy groups -OCH3 is 1. The molecule has 0 unspecified atom stereocenters. The summed E-state index contributed by atoms with van der Waals surface area (Å²) in [5, 5.41) is 0. The number of hydrogen-bond acceptors (Lipinski definition) is 4. The van der Waals surface area contributed by atoms with E-state index in [2.05, 4.69) is 19.1 Å². The average molecular weight is 377 g/mol. The van der Waals surface area contributed by atoms with Crippen LogP contribution in [0.4, 0.5) is 5.69 Å². The lowest BCUT2D eigenvalue weighted by molar-refractivity contribution is -0.141. The third-order valence-electron chi connectivity index (χ3n) is 5.35. The summed E-state index contributed by atoms with van der Waals surface area (Å²) < 4.78 is 6.74. The van der Waals surface area contributed by atoms with E-state index in [1.807, 2.05) is 45.9 Å². The number of aryl methyl sites for hydroxylation is 1. The molecule has 1 aromatic heterocycles. The predicted molar refractivity (Wildman–Crippen MR) is 107 cm³/mol. The highest BCUT2D eigenvalue weighted by Gasteiger charge is 2.35. The molecule has 1 amide bonds. The van der Waals surface area contributed by atoms with Crippen molar-refractivity contribution < 1.29 is 14.3 Å². The molecule has 1 fully saturated rings. The van der Waals surface area contributed by atoms with E-state index >= 15 is 0 Å². The number of carbonyl (C=O) groups is 2. The molecule has 6 heteroatoms. The van der Waals surface area contributed by atoms with Gasteiger partial charge in [-0.25, -0.2) is 4.98 Å². The van der Waals surface area contributed by atoms with Crippen molar-refractivity contribution in [1.82, 2.24) is 9.55 Å². The summed E-state index contributed by atoms with van der Waals surface area (Å²) in [6.45, 7) is 2.74. The number of ether oxygens (including phenoxy) is 1. The van der Waals surface area contributed by atoms with Crippen LogP contribution in [0.2, 0.25) is 0 Å². The molecule has 0 aliphatic carbocycles. The third kappa shape index (κ3) is 3.26. The van der Waals surface area contributed by atoms with E-state index in [1.54, 1.807) is 0 Å². The van der Waals surface area contributed by atoms with Crippen molar-refractivity contribution in [2.75, 3.05) is 18.6 Å². The smallest absolute Gasteiger partial charge is 0.325 e. The lowest BCUT2D eigenvalue weighted by atomic mass is 10.1. The molecule has 0 radical (unpaired) electrons. The van der Waals surface area contributed by atoms with E-state index in [4.69, 9.17) is 9.72 Å². The van der Waals surface area contributed by atoms with Crippen molar-refractivity contribution in [3.63, 3.8) is 0 Å². The average Bonchev–Trinajstić information content (AvgIpc) is 3.28. The molecule has 6 nitrogen and oxygen atoms in total. The van der Waals surface area contributed by atoms with Crippen LogP contribution in [0, 0.1) is 0 Å². The molecule has 2 heterocycles. The second kappa shape index (κ2) is 7.46. The van der Waals surface area contributed by atoms with Crippen LogP contribution < -0.4 is 4.90 Å². The van der Waals surface area contributed by atoms with E-state index < -0.39 is 0 Å². The maximum Gasteiger partial charge on any atom is 0.325 e. The summed E-state index contributed by atoms with van der Waals surface area (Å²) >= 11 is 0. The molecule has 2 aromatic carbocycles. The van der Waals surface area contributed by atoms with Gasteiger partial charge in [-0.15, -0.1) is 0 Å². The number of para-hydroxylation sites is 2. The van der Waals surface area contributed by atoms with Gasteiger partial charge in [0.2, 0.25) is 5.91 Å². The fourth-order valence-corrected chi connectivity index (χ4v) is 3.81. The Kier molecular flexibility index (Phi) is 4.86. The molecule has 1 saturated heterocycles. The Morgan fingerprint density at radius 3 is 2.64 bits per heavy atom. The number of nitrogens with zero attached hydrogens (tertiary/aromatic N) is 3. The predicted octanol–water partition coefficient (Wildman–Crippen LogP) is 3.29. The van der Waals surface area contributed by atoms with Crippen molar-refractivity contribution in [2.24, 2.45) is 0 Å². The normalized spacial score (nSPS) is 16.7. The Morgan fingerprint density at radius 1 is 1.18 bits per heavy atom. The van der Waals surface area contributed by atoms with Gasteiger partial charge in [0.15, 0.2) is 0 Å². The maximum atomic E-state index is 12.7. The number of carbonyl (C=O) groups excluding carboxylic acids is 2. The zero-order valence-electron chi connectivity index (χ0n) is 16.1. The number of fused-ring (bicyclic) bond motifs is 1. The second-order valence-corrected chi connectivity index (χ2v) is 7.05. The van der Waals surface area contributed by atoms with Gasteiger partial charge in [-0.05, 0) is 36.2 Å². The number of amides is 1. The van der Waals surface area contributed by atoms with E-state index in [1.165, 1.54) is 12.7 Å². The zero-order valence-corrected chi connectivity index (χ0v) is 16.1. The van der Waals surface area contributed by atoms with E-state index in [0.717, 1.165) is 29.0 Å². The van der Waals surface area contributed by atoms with Crippen molar-refractivity contribution in [3.05, 3.63) is 59.9 Å². The summed E-state index contributed by atoms with van der Waals surface area (Å²) in [7, 11) is 1.38. The first-order chi connectivity index (χ1) is 13.6. The molecule has 0 N–H and O–H groups in total. The number of esters is 1. The summed E-state index contributed by atoms with van der Waals surface area (Å²) in [6.07, 6.45) is 1.34. The number of imidazole rings is 1. The van der Waals surface area contributed by atoms with Gasteiger partial charge >= 0.3 is 5.97 Å². The van der Waals surface area contributed by atoms with Crippen LogP contribution in [-0.4, -0.2) is 35.1 Å². The van der Waals surface area contributed by atoms with Gasteiger partial charge in [0.25, 0.3) is 0 Å². The molecule has 1 aliphatic heterocycles. The van der Waals surface area contributed by atoms with Gasteiger partial charge in [-0.2, -0.15) is 0 Å². The SMILES string of the molecule is CCc1ccc(N2C[C@H](c3nc4ccccc4n3CC(=O)OC)CC2=O)cc1. The number of hydrogen-bond donors (Lipinski definition) is 0. The first-order valence-electron chi connectivity index (χ1n) is 9.52. The van der Waals surface area contributed by atoms with Crippen LogP contribution in [0.15, 0.2) is 48.5 Å². The Hall–Kier alpha value is -3.15. The maximum absolute atomic E-state index is 12.7. The Labute approximate surface area is 163 Å². The number of aromatic nitrogens is 2. The minimum Gasteiger partial charge on any atom is -0.468 e. The van der Waals surface area contributed by atoms with Gasteiger partial charge in [0, 0.05) is 24.6 Å². The highest BCUT2D eigenvalue weighted by atomic mass is 16.5. The highest BCUT2D eigenvalue weighted by Crippen LogP contribution is 2.33. The zero-order chi connectivity index (χ0) is 19.7. The van der Waals surface area contributed by atoms with Crippen LogP contribution in [0.25, 0.3) is 11.0 Å². The Balaban J connectivity index is 1.67. The summed E-state index contributed by atoms with van der Waals surface area (Å²) in [6, 6.07) is 15.8. The second-order valence-electron chi connectivity index (χ2n) is 7.05. The lowest BCUT2D eigenvalue weighted by Crippen LogP contribution is -2.24. The molecule has 3 aromatic rings. The van der Waals surface area contributed by atoms with Crippen LogP contribution in [0.3, 0.4) is 0 Å². The van der Waals surface area contributed by atoms with E-state index in [0.29, 0.717) is 13.0 Å². The largest absolute Gasteiger partial charge is 0.468 e. The number of rotatable bonds is 5. The van der Waals surface area contributed by atoms with Crippen molar-refractivity contribution in [3.8, 4) is 0 Å². The van der Waals surface area contributed by atoms with Crippen molar-refractivity contribution >= 4 is 28.6 Å². The summed E-state index contributed by atoms with van der Waals surface area (Å²) in [5.41, 5.74) is 3.84. The van der Waals surface area contributed by atoms with Crippen LogP contribution in [0.5, 0.6) is 0 Å². The number of anilines is 1. The first-order valence-corrected chi connectivity index (χ1v) is 9.52. The Morgan fingerprint density at radius 2 is 1.93 bits per heavy atom. The topological polar surface area (TPSA) is 64.4 Å². The van der Waals surface area contributed by atoms with Crippen LogP contribution in [0.1, 0.15) is 30.7 Å². The minimum atomic E-state index is -0.333. The monoisotopic (exact) mass is 377 g/mol. The molecule has 0 saturated carbocycles. The van der Waals surface area contributed by atoms with Crippen LogP contribution >= 0.6 is 0 Å². The Bertz CT molecular complexity index is 1020. The molecular formula is C22H23N3O3.